The topological polar surface area (TPSA) is 149 Å². The molecule has 0 fully saturated rings. The van der Waals surface area contributed by atoms with Crippen LogP contribution in [0.15, 0.2) is 0 Å². The van der Waals surface area contributed by atoms with Gasteiger partial charge in [-0.25, -0.2) is 4.57 Å². The maximum absolute atomic E-state index is 12.0. The summed E-state index contributed by atoms with van der Waals surface area (Å²) >= 11 is 0. The molecule has 0 aliphatic heterocycles. The van der Waals surface area contributed by atoms with E-state index in [-0.39, 0.29) is 19.4 Å². The summed E-state index contributed by atoms with van der Waals surface area (Å²) in [7, 11) is -4.55. The molecule has 0 saturated heterocycles. The van der Waals surface area contributed by atoms with Crippen LogP contribution in [0.1, 0.15) is 65.2 Å². The molecule has 0 aromatic heterocycles. The van der Waals surface area contributed by atoms with Crippen molar-refractivity contribution < 1.29 is 47.8 Å². The second-order valence-corrected chi connectivity index (χ2v) is 8.02. The van der Waals surface area contributed by atoms with Crippen molar-refractivity contribution in [3.63, 3.8) is 0 Å². The Morgan fingerprint density at radius 3 is 2.17 bits per heavy atom. The van der Waals surface area contributed by atoms with Crippen LogP contribution in [0.4, 0.5) is 0 Å². The molecule has 3 N–H and O–H groups in total. The molecular weight excluding hydrogens is 407 g/mol. The molecule has 11 heteroatoms. The van der Waals surface area contributed by atoms with E-state index in [0.29, 0.717) is 6.42 Å². The van der Waals surface area contributed by atoms with Gasteiger partial charge < -0.3 is 24.6 Å². The van der Waals surface area contributed by atoms with Gasteiger partial charge in [0.25, 0.3) is 0 Å². The molecule has 10 nitrogen and oxygen atoms in total. The number of ether oxygens (including phenoxy) is 2. The smallest absolute Gasteiger partial charge is 0.462 e. The average molecular weight is 442 g/mol. The third-order valence-electron chi connectivity index (χ3n) is 3.82. The number of hydrogen-bond donors (Lipinski definition) is 3. The molecule has 0 aliphatic carbocycles. The number of esters is 2. The zero-order chi connectivity index (χ0) is 22.1. The number of phosphoric acid groups is 1. The van der Waals surface area contributed by atoms with Crippen molar-refractivity contribution in [1.82, 2.24) is 0 Å². The van der Waals surface area contributed by atoms with Gasteiger partial charge in [0, 0.05) is 12.8 Å². The first-order valence-corrected chi connectivity index (χ1v) is 11.5. The van der Waals surface area contributed by atoms with Crippen molar-refractivity contribution in [3.8, 4) is 0 Å². The first kappa shape index (κ1) is 28.0. The molecule has 172 valence electrons. The fourth-order valence-electron chi connectivity index (χ4n) is 2.15. The maximum atomic E-state index is 12.0. The maximum Gasteiger partial charge on any atom is 0.472 e. The SMILES string of the molecule is CCCCCCCCC(=O)OC(COC(=O)CC)COP(=O)(O)OCC(O)CO. The lowest BCUT2D eigenvalue weighted by atomic mass is 10.1. The van der Waals surface area contributed by atoms with E-state index in [1.807, 2.05) is 0 Å². The average Bonchev–Trinajstić information content (AvgIpc) is 2.70. The molecule has 0 heterocycles. The minimum absolute atomic E-state index is 0.125. The molecule has 0 rings (SSSR count). The number of carbonyl (C=O) groups is 2. The number of hydrogen-bond acceptors (Lipinski definition) is 9. The van der Waals surface area contributed by atoms with E-state index < -0.39 is 51.8 Å². The summed E-state index contributed by atoms with van der Waals surface area (Å²) in [5.74, 6) is -1.04. The Labute approximate surface area is 172 Å². The fraction of sp³-hybridized carbons (Fsp3) is 0.889. The van der Waals surface area contributed by atoms with E-state index in [1.165, 1.54) is 0 Å². The summed E-state index contributed by atoms with van der Waals surface area (Å²) in [6.07, 6.45) is 3.89. The summed E-state index contributed by atoms with van der Waals surface area (Å²) in [6.45, 7) is 1.59. The lowest BCUT2D eigenvalue weighted by Gasteiger charge is -2.20. The molecule has 0 saturated carbocycles. The van der Waals surface area contributed by atoms with Crippen molar-refractivity contribution in [2.24, 2.45) is 0 Å². The minimum Gasteiger partial charge on any atom is -0.462 e. The van der Waals surface area contributed by atoms with Gasteiger partial charge in [0.15, 0.2) is 6.10 Å². The molecule has 0 spiro atoms. The number of carbonyl (C=O) groups excluding carboxylic acids is 2. The first-order chi connectivity index (χ1) is 13.7. The highest BCUT2D eigenvalue weighted by Crippen LogP contribution is 2.43. The van der Waals surface area contributed by atoms with Gasteiger partial charge in [0.05, 0.1) is 19.8 Å². The molecule has 0 aromatic carbocycles. The van der Waals surface area contributed by atoms with Crippen molar-refractivity contribution in [2.45, 2.75) is 77.4 Å². The van der Waals surface area contributed by atoms with Gasteiger partial charge in [0.1, 0.15) is 12.7 Å². The third kappa shape index (κ3) is 16.5. The Balaban J connectivity index is 4.47. The largest absolute Gasteiger partial charge is 0.472 e. The van der Waals surface area contributed by atoms with Gasteiger partial charge in [-0.05, 0) is 6.42 Å². The van der Waals surface area contributed by atoms with Gasteiger partial charge in [-0.3, -0.25) is 18.6 Å². The monoisotopic (exact) mass is 442 g/mol. The van der Waals surface area contributed by atoms with Gasteiger partial charge in [-0.1, -0.05) is 46.0 Å². The highest BCUT2D eigenvalue weighted by molar-refractivity contribution is 7.47. The molecular formula is C18H35O10P. The highest BCUT2D eigenvalue weighted by atomic mass is 31.2. The van der Waals surface area contributed by atoms with Crippen LogP contribution >= 0.6 is 7.82 Å². The number of unbranched alkanes of at least 4 members (excludes halogenated alkanes) is 5. The summed E-state index contributed by atoms with van der Waals surface area (Å²) < 4.78 is 31.2. The van der Waals surface area contributed by atoms with Gasteiger partial charge in [-0.2, -0.15) is 0 Å². The Morgan fingerprint density at radius 2 is 1.55 bits per heavy atom. The van der Waals surface area contributed by atoms with E-state index in [0.717, 1.165) is 32.1 Å². The highest BCUT2D eigenvalue weighted by Gasteiger charge is 2.26. The molecule has 0 aliphatic rings. The van der Waals surface area contributed by atoms with Crippen LogP contribution in [-0.2, 0) is 32.7 Å². The van der Waals surface area contributed by atoms with E-state index in [9.17, 15) is 19.0 Å². The normalized spacial score (nSPS) is 15.3. The van der Waals surface area contributed by atoms with Crippen LogP contribution in [0, 0.1) is 0 Å². The van der Waals surface area contributed by atoms with E-state index in [1.54, 1.807) is 6.92 Å². The number of phosphoric ester groups is 1. The Kier molecular flexibility index (Phi) is 16.1. The molecule has 0 bridgehead atoms. The third-order valence-corrected chi connectivity index (χ3v) is 4.77. The number of aliphatic hydroxyl groups excluding tert-OH is 2. The molecule has 0 amide bonds. The Bertz CT molecular complexity index is 499. The molecule has 0 aromatic rings. The van der Waals surface area contributed by atoms with Crippen LogP contribution in [0.25, 0.3) is 0 Å². The summed E-state index contributed by atoms with van der Waals surface area (Å²) in [6, 6.07) is 0. The fourth-order valence-corrected chi connectivity index (χ4v) is 2.94. The second kappa shape index (κ2) is 16.7. The van der Waals surface area contributed by atoms with Crippen molar-refractivity contribution in [2.75, 3.05) is 26.4 Å². The van der Waals surface area contributed by atoms with Crippen molar-refractivity contribution in [3.05, 3.63) is 0 Å². The molecule has 0 radical (unpaired) electrons. The zero-order valence-electron chi connectivity index (χ0n) is 17.3. The summed E-state index contributed by atoms with van der Waals surface area (Å²) in [5, 5.41) is 17.8. The van der Waals surface area contributed by atoms with Crippen LogP contribution in [0.3, 0.4) is 0 Å². The van der Waals surface area contributed by atoms with Gasteiger partial charge in [0.2, 0.25) is 0 Å². The van der Waals surface area contributed by atoms with Crippen LogP contribution in [0.2, 0.25) is 0 Å². The summed E-state index contributed by atoms with van der Waals surface area (Å²) in [4.78, 5) is 32.9. The molecule has 29 heavy (non-hydrogen) atoms. The Hall–Kier alpha value is -1.03. The number of aliphatic hydroxyl groups is 2. The van der Waals surface area contributed by atoms with Gasteiger partial charge in [-0.15, -0.1) is 0 Å². The van der Waals surface area contributed by atoms with Crippen LogP contribution in [-0.4, -0.2) is 65.7 Å². The minimum atomic E-state index is -4.55. The lowest BCUT2D eigenvalue weighted by molar-refractivity contribution is -0.161. The quantitative estimate of drug-likeness (QED) is 0.164. The Morgan fingerprint density at radius 1 is 0.931 bits per heavy atom. The first-order valence-electron chi connectivity index (χ1n) is 9.99. The van der Waals surface area contributed by atoms with Crippen molar-refractivity contribution >= 4 is 19.8 Å². The second-order valence-electron chi connectivity index (χ2n) is 6.56. The lowest BCUT2D eigenvalue weighted by Crippen LogP contribution is -2.29. The van der Waals surface area contributed by atoms with E-state index in [2.05, 4.69) is 11.4 Å². The standard InChI is InChI=1S/C18H35O10P/c1-3-5-6-7-8-9-10-18(22)28-16(13-25-17(21)4-2)14-27-29(23,24)26-12-15(20)11-19/h15-16,19-20H,3-14H2,1-2H3,(H,23,24). The van der Waals surface area contributed by atoms with E-state index >= 15 is 0 Å². The molecule has 3 unspecified atom stereocenters. The van der Waals surface area contributed by atoms with Crippen LogP contribution in [0.5, 0.6) is 0 Å². The predicted octanol–water partition coefficient (Wildman–Crippen LogP) is 2.09. The van der Waals surface area contributed by atoms with Crippen molar-refractivity contribution in [1.29, 1.82) is 0 Å². The predicted molar refractivity (Wildman–Crippen MR) is 104 cm³/mol. The van der Waals surface area contributed by atoms with E-state index in [4.69, 9.17) is 24.2 Å². The van der Waals surface area contributed by atoms with Crippen LogP contribution < -0.4 is 0 Å². The zero-order valence-corrected chi connectivity index (χ0v) is 18.2. The summed E-state index contributed by atoms with van der Waals surface area (Å²) in [5.41, 5.74) is 0. The number of rotatable bonds is 18. The van der Waals surface area contributed by atoms with Gasteiger partial charge >= 0.3 is 19.8 Å². The molecule has 3 atom stereocenters.